The molecule has 90 valence electrons. The van der Waals surface area contributed by atoms with Gasteiger partial charge in [-0.3, -0.25) is 0 Å². The van der Waals surface area contributed by atoms with E-state index in [1.807, 2.05) is 31.3 Å². The van der Waals surface area contributed by atoms with Gasteiger partial charge in [0.15, 0.2) is 0 Å². The van der Waals surface area contributed by atoms with Gasteiger partial charge in [0, 0.05) is 12.1 Å². The molecule has 0 aromatic heterocycles. The lowest BCUT2D eigenvalue weighted by Crippen LogP contribution is -2.41. The summed E-state index contributed by atoms with van der Waals surface area (Å²) < 4.78 is 5.63. The minimum Gasteiger partial charge on any atom is -0.377 e. The van der Waals surface area contributed by atoms with Gasteiger partial charge in [0.05, 0.1) is 11.6 Å². The lowest BCUT2D eigenvalue weighted by molar-refractivity contribution is -0.0280. The monoisotopic (exact) mass is 241 g/mol. The van der Waals surface area contributed by atoms with E-state index >= 15 is 0 Å². The largest absolute Gasteiger partial charge is 0.377 e. The number of ether oxygens (including phenoxy) is 1. The Balaban J connectivity index is 3.12. The van der Waals surface area contributed by atoms with Gasteiger partial charge in [-0.1, -0.05) is 36.7 Å². The first-order chi connectivity index (χ1) is 7.59. The van der Waals surface area contributed by atoms with Gasteiger partial charge in [-0.2, -0.15) is 0 Å². The minimum atomic E-state index is -0.250. The molecule has 2 atom stereocenters. The molecule has 0 radical (unpaired) electrons. The van der Waals surface area contributed by atoms with Gasteiger partial charge in [0.25, 0.3) is 0 Å². The van der Waals surface area contributed by atoms with Crippen molar-refractivity contribution in [1.82, 2.24) is 5.32 Å². The minimum absolute atomic E-state index is 0.0937. The van der Waals surface area contributed by atoms with Crippen molar-refractivity contribution in [3.63, 3.8) is 0 Å². The van der Waals surface area contributed by atoms with Gasteiger partial charge in [-0.25, -0.2) is 0 Å². The summed E-state index contributed by atoms with van der Waals surface area (Å²) in [5.74, 6) is 0. The Morgan fingerprint density at radius 3 is 2.50 bits per heavy atom. The molecule has 0 spiro atoms. The van der Waals surface area contributed by atoms with Gasteiger partial charge in [0.1, 0.15) is 0 Å². The highest BCUT2D eigenvalue weighted by atomic mass is 35.5. The zero-order chi connectivity index (χ0) is 12.2. The summed E-state index contributed by atoms with van der Waals surface area (Å²) in [7, 11) is 3.67. The number of halogens is 1. The molecule has 0 saturated carbocycles. The van der Waals surface area contributed by atoms with E-state index in [1.165, 1.54) is 0 Å². The Morgan fingerprint density at radius 2 is 2.06 bits per heavy atom. The summed E-state index contributed by atoms with van der Waals surface area (Å²) >= 11 is 6.22. The molecule has 3 heteroatoms. The molecule has 0 aliphatic carbocycles. The second-order valence-corrected chi connectivity index (χ2v) is 4.52. The van der Waals surface area contributed by atoms with E-state index in [0.717, 1.165) is 17.0 Å². The lowest BCUT2D eigenvalue weighted by Gasteiger charge is -2.36. The van der Waals surface area contributed by atoms with E-state index in [-0.39, 0.29) is 11.6 Å². The Morgan fingerprint density at radius 1 is 1.44 bits per heavy atom. The fraction of sp³-hybridized carbons (Fsp3) is 0.538. The van der Waals surface area contributed by atoms with Crippen molar-refractivity contribution < 1.29 is 4.74 Å². The summed E-state index contributed by atoms with van der Waals surface area (Å²) in [5, 5.41) is 4.07. The number of likely N-dealkylation sites (N-methyl/N-ethyl adjacent to an activating group) is 1. The zero-order valence-corrected chi connectivity index (χ0v) is 11.1. The van der Waals surface area contributed by atoms with Crippen LogP contribution in [-0.2, 0) is 4.74 Å². The smallest absolute Gasteiger partial charge is 0.0842 e. The van der Waals surface area contributed by atoms with Crippen LogP contribution in [0.2, 0.25) is 5.02 Å². The van der Waals surface area contributed by atoms with Gasteiger partial charge in [-0.15, -0.1) is 0 Å². The van der Waals surface area contributed by atoms with Crippen LogP contribution in [0.5, 0.6) is 0 Å². The van der Waals surface area contributed by atoms with Crippen LogP contribution in [0.4, 0.5) is 0 Å². The van der Waals surface area contributed by atoms with Crippen LogP contribution in [0.15, 0.2) is 24.3 Å². The first-order valence-electron chi connectivity index (χ1n) is 5.56. The third-order valence-corrected chi connectivity index (χ3v) is 3.63. The van der Waals surface area contributed by atoms with E-state index in [9.17, 15) is 0 Å². The Labute approximate surface area is 103 Å². The first kappa shape index (κ1) is 13.5. The molecular weight excluding hydrogens is 222 g/mol. The van der Waals surface area contributed by atoms with E-state index in [1.54, 1.807) is 7.11 Å². The molecule has 0 amide bonds. The molecular formula is C13H20ClNO. The van der Waals surface area contributed by atoms with Crippen LogP contribution in [0.25, 0.3) is 0 Å². The van der Waals surface area contributed by atoms with E-state index in [0.29, 0.717) is 0 Å². The van der Waals surface area contributed by atoms with E-state index in [2.05, 4.69) is 19.2 Å². The maximum Gasteiger partial charge on any atom is 0.0842 e. The van der Waals surface area contributed by atoms with E-state index in [4.69, 9.17) is 16.3 Å². The van der Waals surface area contributed by atoms with Crippen molar-refractivity contribution in [2.24, 2.45) is 0 Å². The number of rotatable bonds is 5. The zero-order valence-electron chi connectivity index (χ0n) is 10.4. The first-order valence-corrected chi connectivity index (χ1v) is 5.93. The number of hydrogen-bond acceptors (Lipinski definition) is 2. The van der Waals surface area contributed by atoms with Crippen molar-refractivity contribution >= 4 is 11.6 Å². The number of hydrogen-bond donors (Lipinski definition) is 1. The van der Waals surface area contributed by atoms with Gasteiger partial charge in [-0.05, 0) is 32.0 Å². The van der Waals surface area contributed by atoms with Gasteiger partial charge >= 0.3 is 0 Å². The molecule has 2 unspecified atom stereocenters. The SMILES string of the molecule is CCC(C)(OC)C(NC)c1ccccc1Cl. The molecule has 1 aromatic rings. The maximum absolute atomic E-state index is 6.22. The van der Waals surface area contributed by atoms with Crippen LogP contribution in [-0.4, -0.2) is 19.8 Å². The highest BCUT2D eigenvalue weighted by Crippen LogP contribution is 2.34. The maximum atomic E-state index is 6.22. The molecule has 0 bridgehead atoms. The topological polar surface area (TPSA) is 21.3 Å². The predicted octanol–water partition coefficient (Wildman–Crippen LogP) is 3.42. The fourth-order valence-electron chi connectivity index (χ4n) is 1.97. The molecule has 0 aliphatic rings. The number of benzene rings is 1. The van der Waals surface area contributed by atoms with Crippen molar-refractivity contribution in [3.05, 3.63) is 34.9 Å². The Kier molecular flexibility index (Phi) is 4.78. The highest BCUT2D eigenvalue weighted by Gasteiger charge is 2.33. The second kappa shape index (κ2) is 5.67. The highest BCUT2D eigenvalue weighted by molar-refractivity contribution is 6.31. The molecule has 0 heterocycles. The fourth-order valence-corrected chi connectivity index (χ4v) is 2.21. The summed E-state index contributed by atoms with van der Waals surface area (Å²) in [4.78, 5) is 0. The van der Waals surface area contributed by atoms with Crippen molar-refractivity contribution in [1.29, 1.82) is 0 Å². The molecule has 0 fully saturated rings. The van der Waals surface area contributed by atoms with Crippen molar-refractivity contribution in [2.75, 3.05) is 14.2 Å². The van der Waals surface area contributed by atoms with Crippen LogP contribution < -0.4 is 5.32 Å². The van der Waals surface area contributed by atoms with E-state index < -0.39 is 0 Å². The average molecular weight is 242 g/mol. The average Bonchev–Trinajstić information content (AvgIpc) is 2.32. The molecule has 2 nitrogen and oxygen atoms in total. The standard InChI is InChI=1S/C13H20ClNO/c1-5-13(2,16-4)12(15-3)10-8-6-7-9-11(10)14/h6-9,12,15H,5H2,1-4H3. The Bertz CT molecular complexity index is 336. The molecule has 0 saturated heterocycles. The summed E-state index contributed by atoms with van der Waals surface area (Å²) in [6.45, 7) is 4.21. The molecule has 1 rings (SSSR count). The van der Waals surface area contributed by atoms with Crippen molar-refractivity contribution in [2.45, 2.75) is 31.9 Å². The predicted molar refractivity (Wildman–Crippen MR) is 69.0 cm³/mol. The summed E-state index contributed by atoms with van der Waals surface area (Å²) in [5.41, 5.74) is 0.831. The second-order valence-electron chi connectivity index (χ2n) is 4.11. The molecule has 0 aliphatic heterocycles. The van der Waals surface area contributed by atoms with Crippen LogP contribution in [0.3, 0.4) is 0 Å². The molecule has 16 heavy (non-hydrogen) atoms. The summed E-state index contributed by atoms with van der Waals surface area (Å²) in [6, 6.07) is 7.98. The number of nitrogens with one attached hydrogen (secondary N) is 1. The lowest BCUT2D eigenvalue weighted by atomic mass is 9.88. The van der Waals surface area contributed by atoms with Gasteiger partial charge < -0.3 is 10.1 Å². The molecule has 1 N–H and O–H groups in total. The third-order valence-electron chi connectivity index (χ3n) is 3.28. The third kappa shape index (κ3) is 2.57. The number of methoxy groups -OCH3 is 1. The van der Waals surface area contributed by atoms with Crippen LogP contribution in [0.1, 0.15) is 31.9 Å². The Hall–Kier alpha value is -0.570. The normalized spacial score (nSPS) is 16.8. The van der Waals surface area contributed by atoms with Crippen LogP contribution in [0, 0.1) is 0 Å². The van der Waals surface area contributed by atoms with Crippen LogP contribution >= 0.6 is 11.6 Å². The molecule has 1 aromatic carbocycles. The quantitative estimate of drug-likeness (QED) is 0.853. The summed E-state index contributed by atoms with van der Waals surface area (Å²) in [6.07, 6.45) is 0.917. The van der Waals surface area contributed by atoms with Crippen molar-refractivity contribution in [3.8, 4) is 0 Å². The van der Waals surface area contributed by atoms with Gasteiger partial charge in [0.2, 0.25) is 0 Å².